The van der Waals surface area contributed by atoms with Gasteiger partial charge < -0.3 is 15.8 Å². The Morgan fingerprint density at radius 1 is 1.20 bits per heavy atom. The molecule has 0 aliphatic carbocycles. The summed E-state index contributed by atoms with van der Waals surface area (Å²) in [6.45, 7) is 1.35. The molecule has 1 atom stereocenters. The number of rotatable bonds is 4. The van der Waals surface area contributed by atoms with Gasteiger partial charge in [-0.25, -0.2) is 14.8 Å². The van der Waals surface area contributed by atoms with E-state index in [0.29, 0.717) is 0 Å². The molecule has 0 unspecified atom stereocenters. The second-order valence-electron chi connectivity index (χ2n) is 4.67. The number of ether oxygens (including phenoxy) is 1. The lowest BCUT2D eigenvalue weighted by Gasteiger charge is -2.15. The van der Waals surface area contributed by atoms with E-state index in [9.17, 15) is 9.59 Å². The minimum Gasteiger partial charge on any atom is -0.448 e. The molecular formula is C14H10Cl4N4O3. The predicted molar refractivity (Wildman–Crippen MR) is 96.4 cm³/mol. The number of nitrogens with two attached hydrogens (primary N) is 1. The molecule has 0 radical (unpaired) electrons. The summed E-state index contributed by atoms with van der Waals surface area (Å²) >= 11 is 23.3. The molecular weight excluding hydrogens is 414 g/mol. The van der Waals surface area contributed by atoms with Crippen LogP contribution in [0, 0.1) is 0 Å². The monoisotopic (exact) mass is 422 g/mol. The van der Waals surface area contributed by atoms with Gasteiger partial charge in [0.1, 0.15) is 5.02 Å². The molecule has 0 bridgehead atoms. The smallest absolute Gasteiger partial charge is 0.359 e. The Balaban J connectivity index is 2.13. The van der Waals surface area contributed by atoms with E-state index >= 15 is 0 Å². The fraction of sp³-hybridized carbons (Fsp3) is 0.143. The van der Waals surface area contributed by atoms with Crippen molar-refractivity contribution >= 4 is 69.7 Å². The summed E-state index contributed by atoms with van der Waals surface area (Å²) in [5.41, 5.74) is 5.43. The van der Waals surface area contributed by atoms with Gasteiger partial charge in [0.25, 0.3) is 5.91 Å². The van der Waals surface area contributed by atoms with Crippen molar-refractivity contribution in [1.82, 2.24) is 9.97 Å². The second-order valence-corrected chi connectivity index (χ2v) is 6.14. The minimum absolute atomic E-state index is 0.0831. The summed E-state index contributed by atoms with van der Waals surface area (Å²) in [7, 11) is 0. The first kappa shape index (κ1) is 19.5. The van der Waals surface area contributed by atoms with Crippen molar-refractivity contribution in [3.8, 4) is 0 Å². The van der Waals surface area contributed by atoms with Crippen LogP contribution in [0.2, 0.25) is 20.4 Å². The Hall–Kier alpha value is -1.80. The first-order valence-corrected chi connectivity index (χ1v) is 8.15. The van der Waals surface area contributed by atoms with Gasteiger partial charge in [-0.15, -0.1) is 0 Å². The largest absolute Gasteiger partial charge is 0.448 e. The zero-order valence-corrected chi connectivity index (χ0v) is 15.5. The van der Waals surface area contributed by atoms with Gasteiger partial charge in [-0.3, -0.25) is 4.79 Å². The van der Waals surface area contributed by atoms with Crippen molar-refractivity contribution in [3.05, 3.63) is 44.4 Å². The maximum absolute atomic E-state index is 12.2. The number of esters is 1. The van der Waals surface area contributed by atoms with Crippen molar-refractivity contribution in [1.29, 1.82) is 0 Å². The van der Waals surface area contributed by atoms with E-state index in [4.69, 9.17) is 56.9 Å². The lowest BCUT2D eigenvalue weighted by molar-refractivity contribution is -0.123. The van der Waals surface area contributed by atoms with Gasteiger partial charge in [0.15, 0.2) is 22.1 Å². The Morgan fingerprint density at radius 2 is 1.88 bits per heavy atom. The Kier molecular flexibility index (Phi) is 6.29. The average Bonchev–Trinajstić information content (AvgIpc) is 2.58. The number of halogens is 4. The van der Waals surface area contributed by atoms with Crippen molar-refractivity contribution in [2.45, 2.75) is 13.0 Å². The summed E-state index contributed by atoms with van der Waals surface area (Å²) in [5, 5.41) is 2.05. The molecule has 11 heteroatoms. The number of nitrogen functional groups attached to an aromatic ring is 1. The lowest BCUT2D eigenvalue weighted by Crippen LogP contribution is -2.30. The van der Waals surface area contributed by atoms with Gasteiger partial charge in [0.2, 0.25) is 0 Å². The highest BCUT2D eigenvalue weighted by Gasteiger charge is 2.25. The number of aromatic nitrogens is 2. The summed E-state index contributed by atoms with van der Waals surface area (Å²) in [5.74, 6) is -1.62. The molecule has 0 saturated heterocycles. The third-order valence-corrected chi connectivity index (χ3v) is 4.37. The topological polar surface area (TPSA) is 107 Å². The van der Waals surface area contributed by atoms with Crippen LogP contribution in [0.1, 0.15) is 17.4 Å². The number of anilines is 2. The van der Waals surface area contributed by atoms with E-state index in [1.807, 2.05) is 0 Å². The van der Waals surface area contributed by atoms with Crippen LogP contribution in [0.3, 0.4) is 0 Å². The molecule has 0 aliphatic heterocycles. The predicted octanol–water partition coefficient (Wildman–Crippen LogP) is 3.86. The normalized spacial score (nSPS) is 11.7. The van der Waals surface area contributed by atoms with E-state index in [1.165, 1.54) is 13.1 Å². The van der Waals surface area contributed by atoms with Gasteiger partial charge in [-0.1, -0.05) is 46.4 Å². The summed E-state index contributed by atoms with van der Waals surface area (Å²) in [6.07, 6.45) is 0.279. The molecule has 25 heavy (non-hydrogen) atoms. The minimum atomic E-state index is -1.18. The molecule has 132 valence electrons. The highest BCUT2D eigenvalue weighted by Crippen LogP contribution is 2.34. The van der Waals surface area contributed by atoms with Gasteiger partial charge >= 0.3 is 5.97 Å². The molecule has 0 saturated carbocycles. The fourth-order valence-electron chi connectivity index (χ4n) is 1.65. The van der Waals surface area contributed by atoms with Crippen molar-refractivity contribution in [2.24, 2.45) is 0 Å². The molecule has 2 aromatic heterocycles. The summed E-state index contributed by atoms with van der Waals surface area (Å²) in [6, 6.07) is 3.13. The van der Waals surface area contributed by atoms with Crippen molar-refractivity contribution in [3.63, 3.8) is 0 Å². The standard InChI is InChI=1S/C14H10Cl4N4O3/c1-5(13(23)21-6-3-2-4-20-11(6)17)25-14(24)10-7(15)9(19)8(16)12(18)22-10/h2-5H,1H3,(H2,19,22)(H,21,23)/t5-/m0/s1. The zero-order chi connectivity index (χ0) is 18.7. The molecule has 0 fully saturated rings. The van der Waals surface area contributed by atoms with Gasteiger partial charge in [0, 0.05) is 6.20 Å². The van der Waals surface area contributed by atoms with E-state index in [0.717, 1.165) is 0 Å². The molecule has 3 N–H and O–H groups in total. The van der Waals surface area contributed by atoms with E-state index in [1.54, 1.807) is 12.1 Å². The number of hydrogen-bond acceptors (Lipinski definition) is 6. The van der Waals surface area contributed by atoms with Crippen LogP contribution in [-0.2, 0) is 9.53 Å². The Bertz CT molecular complexity index is 847. The van der Waals surface area contributed by atoms with Crippen LogP contribution >= 0.6 is 46.4 Å². The Morgan fingerprint density at radius 3 is 2.52 bits per heavy atom. The van der Waals surface area contributed by atoms with E-state index < -0.39 is 18.0 Å². The number of carbonyl (C=O) groups is 2. The molecule has 0 aromatic carbocycles. The number of nitrogens with zero attached hydrogens (tertiary/aromatic N) is 2. The number of amides is 1. The third kappa shape index (κ3) is 4.43. The van der Waals surface area contributed by atoms with Gasteiger partial charge in [-0.05, 0) is 19.1 Å². The molecule has 0 aliphatic rings. The summed E-state index contributed by atoms with van der Waals surface area (Å²) in [4.78, 5) is 31.8. The molecule has 2 aromatic rings. The van der Waals surface area contributed by atoms with Crippen molar-refractivity contribution in [2.75, 3.05) is 11.1 Å². The van der Waals surface area contributed by atoms with Crippen LogP contribution in [0.15, 0.2) is 18.3 Å². The van der Waals surface area contributed by atoms with E-state index in [2.05, 4.69) is 15.3 Å². The second kappa shape index (κ2) is 8.05. The highest BCUT2D eigenvalue weighted by molar-refractivity contribution is 6.46. The van der Waals surface area contributed by atoms with Gasteiger partial charge in [0.05, 0.1) is 16.4 Å². The molecule has 0 spiro atoms. The van der Waals surface area contributed by atoms with Crippen LogP contribution in [0.5, 0.6) is 0 Å². The first-order valence-electron chi connectivity index (χ1n) is 6.64. The zero-order valence-electron chi connectivity index (χ0n) is 12.5. The van der Waals surface area contributed by atoms with E-state index in [-0.39, 0.29) is 37.4 Å². The molecule has 7 nitrogen and oxygen atoms in total. The molecule has 2 rings (SSSR count). The number of nitrogens with one attached hydrogen (secondary N) is 1. The number of pyridine rings is 2. The molecule has 1 amide bonds. The maximum atomic E-state index is 12.2. The van der Waals surface area contributed by atoms with Crippen LogP contribution in [0.25, 0.3) is 0 Å². The van der Waals surface area contributed by atoms with Crippen LogP contribution in [0.4, 0.5) is 11.4 Å². The quantitative estimate of drug-likeness (QED) is 0.571. The molecule has 2 heterocycles. The fourth-order valence-corrected chi connectivity index (χ4v) is 2.40. The van der Waals surface area contributed by atoms with Crippen molar-refractivity contribution < 1.29 is 14.3 Å². The number of hydrogen-bond donors (Lipinski definition) is 2. The Labute approximate surface area is 162 Å². The number of carbonyl (C=O) groups excluding carboxylic acids is 2. The van der Waals surface area contributed by atoms with Crippen LogP contribution < -0.4 is 11.1 Å². The van der Waals surface area contributed by atoms with Gasteiger partial charge in [-0.2, -0.15) is 0 Å². The highest BCUT2D eigenvalue weighted by atomic mass is 35.5. The lowest BCUT2D eigenvalue weighted by atomic mass is 10.3. The maximum Gasteiger partial charge on any atom is 0.359 e. The SMILES string of the molecule is C[C@H](OC(=O)c1nc(Cl)c(Cl)c(N)c1Cl)C(=O)Nc1cccnc1Cl. The van der Waals surface area contributed by atoms with Crippen LogP contribution in [-0.4, -0.2) is 27.9 Å². The first-order chi connectivity index (χ1) is 11.7. The third-order valence-electron chi connectivity index (χ3n) is 2.94. The summed E-state index contributed by atoms with van der Waals surface area (Å²) < 4.78 is 5.02. The average molecular weight is 424 g/mol.